The number of hydrogen-bond donors (Lipinski definition) is 2. The highest BCUT2D eigenvalue weighted by molar-refractivity contribution is 6.39. The first-order valence-electron chi connectivity index (χ1n) is 5.43. The van der Waals surface area contributed by atoms with Crippen molar-refractivity contribution in [2.24, 2.45) is 4.99 Å². The van der Waals surface area contributed by atoms with E-state index >= 15 is 0 Å². The normalized spacial score (nSPS) is 15.1. The smallest absolute Gasteiger partial charge is 0.130 e. The van der Waals surface area contributed by atoms with Crippen LogP contribution < -0.4 is 5.32 Å². The fourth-order valence-corrected chi connectivity index (χ4v) is 2.76. The molecule has 2 aromatic rings. The van der Waals surface area contributed by atoms with Gasteiger partial charge in [-0.2, -0.15) is 0 Å². The van der Waals surface area contributed by atoms with Gasteiger partial charge in [-0.15, -0.1) is 0 Å². The molecule has 0 unspecified atom stereocenters. The number of aromatic amines is 1. The number of amidine groups is 1. The minimum absolute atomic E-state index is 0.639. The first-order chi connectivity index (χ1) is 8.16. The Morgan fingerprint density at radius 3 is 2.82 bits per heavy atom. The van der Waals surface area contributed by atoms with E-state index in [4.69, 9.17) is 23.2 Å². The van der Waals surface area contributed by atoms with Gasteiger partial charge >= 0.3 is 0 Å². The summed E-state index contributed by atoms with van der Waals surface area (Å²) in [5.41, 5.74) is 3.04. The molecule has 0 saturated heterocycles. The topological polar surface area (TPSA) is 40.2 Å². The summed E-state index contributed by atoms with van der Waals surface area (Å²) in [4.78, 5) is 7.74. The summed E-state index contributed by atoms with van der Waals surface area (Å²) < 4.78 is 0. The van der Waals surface area contributed by atoms with Crippen molar-refractivity contribution < 1.29 is 0 Å². The van der Waals surface area contributed by atoms with Gasteiger partial charge in [0.15, 0.2) is 0 Å². The van der Waals surface area contributed by atoms with Crippen LogP contribution in [0.25, 0.3) is 10.9 Å². The Morgan fingerprint density at radius 1 is 1.29 bits per heavy atom. The van der Waals surface area contributed by atoms with Gasteiger partial charge in [-0.1, -0.05) is 23.2 Å². The third-order valence-corrected chi connectivity index (χ3v) is 3.44. The molecule has 1 aromatic carbocycles. The van der Waals surface area contributed by atoms with Gasteiger partial charge in [-0.25, -0.2) is 0 Å². The molecule has 0 aliphatic carbocycles. The van der Waals surface area contributed by atoms with Crippen molar-refractivity contribution in [1.29, 1.82) is 0 Å². The lowest BCUT2D eigenvalue weighted by Crippen LogP contribution is -2.19. The highest BCUT2D eigenvalue weighted by Crippen LogP contribution is 2.31. The molecule has 3 rings (SSSR count). The lowest BCUT2D eigenvalue weighted by atomic mass is 10.1. The van der Waals surface area contributed by atoms with Gasteiger partial charge in [0.25, 0.3) is 0 Å². The predicted molar refractivity (Wildman–Crippen MR) is 72.5 cm³/mol. The first kappa shape index (κ1) is 10.9. The van der Waals surface area contributed by atoms with E-state index in [1.54, 1.807) is 6.07 Å². The highest BCUT2D eigenvalue weighted by Gasteiger charge is 2.18. The predicted octanol–water partition coefficient (Wildman–Crippen LogP) is 3.13. The van der Waals surface area contributed by atoms with Crippen LogP contribution >= 0.6 is 23.2 Å². The molecule has 0 spiro atoms. The summed E-state index contributed by atoms with van der Waals surface area (Å²) in [6.45, 7) is 3.72. The Bertz CT molecular complexity index is 628. The van der Waals surface area contributed by atoms with Crippen molar-refractivity contribution in [3.63, 3.8) is 0 Å². The van der Waals surface area contributed by atoms with Gasteiger partial charge in [0.05, 0.1) is 17.1 Å². The number of rotatable bonds is 1. The van der Waals surface area contributed by atoms with Gasteiger partial charge < -0.3 is 10.3 Å². The van der Waals surface area contributed by atoms with Crippen LogP contribution in [0, 0.1) is 6.92 Å². The van der Waals surface area contributed by atoms with Crippen molar-refractivity contribution >= 4 is 39.9 Å². The molecule has 0 bridgehead atoms. The number of nitrogens with one attached hydrogen (secondary N) is 2. The number of aryl methyl sites for hydroxylation is 1. The van der Waals surface area contributed by atoms with Crippen LogP contribution in [0.15, 0.2) is 17.1 Å². The van der Waals surface area contributed by atoms with Crippen LogP contribution in [0.4, 0.5) is 0 Å². The molecule has 1 aliphatic heterocycles. The summed E-state index contributed by atoms with van der Waals surface area (Å²) in [5, 5.41) is 5.58. The van der Waals surface area contributed by atoms with E-state index < -0.39 is 0 Å². The van der Waals surface area contributed by atoms with Gasteiger partial charge in [0, 0.05) is 28.2 Å². The number of hydrogen-bond acceptors (Lipinski definition) is 2. The average molecular weight is 268 g/mol. The van der Waals surface area contributed by atoms with E-state index in [2.05, 4.69) is 15.3 Å². The van der Waals surface area contributed by atoms with Crippen molar-refractivity contribution in [3.05, 3.63) is 33.4 Å². The Balaban J connectivity index is 2.33. The third kappa shape index (κ3) is 1.70. The Labute approximate surface area is 109 Å². The number of halogens is 2. The SMILES string of the molecule is Cc1[nH]c2c(Cl)cc(Cl)cc2c1C1=NCCN1. The van der Waals surface area contributed by atoms with Gasteiger partial charge in [-0.3, -0.25) is 4.99 Å². The standard InChI is InChI=1S/C12H11Cl2N3/c1-6-10(12-15-2-3-16-12)8-4-7(13)5-9(14)11(8)17-6/h4-5,17H,2-3H2,1H3,(H,15,16). The van der Waals surface area contributed by atoms with E-state index in [-0.39, 0.29) is 0 Å². The average Bonchev–Trinajstić information content (AvgIpc) is 2.84. The summed E-state index contributed by atoms with van der Waals surface area (Å²) in [7, 11) is 0. The quantitative estimate of drug-likeness (QED) is 0.819. The Morgan fingerprint density at radius 2 is 2.12 bits per heavy atom. The fraction of sp³-hybridized carbons (Fsp3) is 0.250. The molecule has 1 aliphatic rings. The minimum Gasteiger partial charge on any atom is -0.368 e. The maximum Gasteiger partial charge on any atom is 0.130 e. The van der Waals surface area contributed by atoms with Crippen LogP contribution in [0.1, 0.15) is 11.3 Å². The molecule has 0 atom stereocenters. The number of aliphatic imine (C=N–C) groups is 1. The van der Waals surface area contributed by atoms with Crippen molar-refractivity contribution in [2.45, 2.75) is 6.92 Å². The molecule has 88 valence electrons. The number of aromatic nitrogens is 1. The lowest BCUT2D eigenvalue weighted by Gasteiger charge is -2.02. The number of H-pyrrole nitrogens is 1. The molecule has 1 aromatic heterocycles. The fourth-order valence-electron chi connectivity index (χ4n) is 2.22. The molecule has 0 saturated carbocycles. The van der Waals surface area contributed by atoms with E-state index in [9.17, 15) is 0 Å². The maximum atomic E-state index is 6.18. The summed E-state index contributed by atoms with van der Waals surface area (Å²) >= 11 is 12.2. The molecule has 0 radical (unpaired) electrons. The van der Waals surface area contributed by atoms with Gasteiger partial charge in [-0.05, 0) is 19.1 Å². The van der Waals surface area contributed by atoms with Crippen molar-refractivity contribution in [3.8, 4) is 0 Å². The maximum absolute atomic E-state index is 6.18. The summed E-state index contributed by atoms with van der Waals surface area (Å²) in [5.74, 6) is 0.923. The van der Waals surface area contributed by atoms with Crippen molar-refractivity contribution in [2.75, 3.05) is 13.1 Å². The minimum atomic E-state index is 0.639. The Kier molecular flexibility index (Phi) is 2.53. The van der Waals surface area contributed by atoms with Gasteiger partial charge in [0.1, 0.15) is 5.84 Å². The summed E-state index contributed by atoms with van der Waals surface area (Å²) in [6.07, 6.45) is 0. The summed E-state index contributed by atoms with van der Waals surface area (Å²) in [6, 6.07) is 3.67. The van der Waals surface area contributed by atoms with Crippen molar-refractivity contribution in [1.82, 2.24) is 10.3 Å². The molecular formula is C12H11Cl2N3. The van der Waals surface area contributed by atoms with Crippen LogP contribution in [0.5, 0.6) is 0 Å². The molecule has 17 heavy (non-hydrogen) atoms. The number of benzene rings is 1. The molecule has 0 amide bonds. The first-order valence-corrected chi connectivity index (χ1v) is 6.18. The highest BCUT2D eigenvalue weighted by atomic mass is 35.5. The van der Waals surface area contributed by atoms with E-state index in [1.807, 2.05) is 13.0 Å². The Hall–Kier alpha value is -1.19. The zero-order valence-electron chi connectivity index (χ0n) is 9.27. The van der Waals surface area contributed by atoms with E-state index in [0.29, 0.717) is 10.0 Å². The monoisotopic (exact) mass is 267 g/mol. The molecule has 0 fully saturated rings. The second-order valence-corrected chi connectivity index (χ2v) is 4.94. The largest absolute Gasteiger partial charge is 0.368 e. The zero-order valence-corrected chi connectivity index (χ0v) is 10.8. The van der Waals surface area contributed by atoms with Crippen LogP contribution in [-0.4, -0.2) is 23.9 Å². The van der Waals surface area contributed by atoms with Gasteiger partial charge in [0.2, 0.25) is 0 Å². The second kappa shape index (κ2) is 3.93. The zero-order chi connectivity index (χ0) is 12.0. The van der Waals surface area contributed by atoms with Crippen LogP contribution in [0.2, 0.25) is 10.0 Å². The molecular weight excluding hydrogens is 257 g/mol. The number of fused-ring (bicyclic) bond motifs is 1. The number of nitrogens with zero attached hydrogens (tertiary/aromatic N) is 1. The van der Waals surface area contributed by atoms with Crippen LogP contribution in [-0.2, 0) is 0 Å². The van der Waals surface area contributed by atoms with Crippen LogP contribution in [0.3, 0.4) is 0 Å². The van der Waals surface area contributed by atoms with E-state index in [0.717, 1.165) is 41.1 Å². The second-order valence-electron chi connectivity index (χ2n) is 4.09. The third-order valence-electron chi connectivity index (χ3n) is 2.92. The molecule has 3 nitrogen and oxygen atoms in total. The molecule has 2 heterocycles. The molecule has 5 heteroatoms. The lowest BCUT2D eigenvalue weighted by molar-refractivity contribution is 0.960. The van der Waals surface area contributed by atoms with E-state index in [1.165, 1.54) is 0 Å². The molecule has 2 N–H and O–H groups in total.